The predicted molar refractivity (Wildman–Crippen MR) is 96.2 cm³/mol. The normalized spacial score (nSPS) is 21.5. The summed E-state index contributed by atoms with van der Waals surface area (Å²) >= 11 is 0. The van der Waals surface area contributed by atoms with E-state index in [4.69, 9.17) is 8.92 Å². The van der Waals surface area contributed by atoms with Crippen molar-refractivity contribution < 1.29 is 27.2 Å². The minimum atomic E-state index is -3.88. The van der Waals surface area contributed by atoms with E-state index >= 15 is 0 Å². The Morgan fingerprint density at radius 1 is 1.31 bits per heavy atom. The van der Waals surface area contributed by atoms with Gasteiger partial charge in [0.2, 0.25) is 0 Å². The van der Waals surface area contributed by atoms with Crippen LogP contribution in [0.1, 0.15) is 32.8 Å². The van der Waals surface area contributed by atoms with Gasteiger partial charge >= 0.3 is 6.09 Å². The van der Waals surface area contributed by atoms with Gasteiger partial charge in [0.15, 0.2) is 0 Å². The number of ether oxygens (including phenoxy) is 1. The molecule has 0 aliphatic carbocycles. The third kappa shape index (κ3) is 5.43. The summed E-state index contributed by atoms with van der Waals surface area (Å²) < 4.78 is 35.1. The maximum absolute atomic E-state index is 12.3. The molecule has 1 amide bonds. The van der Waals surface area contributed by atoms with Crippen molar-refractivity contribution in [2.24, 2.45) is 5.92 Å². The fourth-order valence-corrected chi connectivity index (χ4v) is 3.93. The summed E-state index contributed by atoms with van der Waals surface area (Å²) in [5.74, 6) is -0.368. The highest BCUT2D eigenvalue weighted by Gasteiger charge is 2.33. The monoisotopic (exact) mass is 385 g/mol. The van der Waals surface area contributed by atoms with Gasteiger partial charge in [-0.05, 0) is 45.7 Å². The Kier molecular flexibility index (Phi) is 6.31. The van der Waals surface area contributed by atoms with Crippen molar-refractivity contribution in [1.82, 2.24) is 4.90 Å². The number of carbonyl (C=O) groups is 1. The highest BCUT2D eigenvalue weighted by Crippen LogP contribution is 2.23. The molecular formula is C18H27NO6S. The number of hydrogen-bond acceptors (Lipinski definition) is 6. The number of aliphatic hydroxyl groups excluding tert-OH is 1. The Labute approximate surface area is 155 Å². The van der Waals surface area contributed by atoms with E-state index in [0.717, 1.165) is 0 Å². The standard InChI is InChI=1S/C18H27NO6S/c1-13-7-5-6-8-16(13)26(22,23)24-12-14-9-10-19(11-15(14)20)17(21)25-18(2,3)4/h5-8,14-15,20H,9-12H2,1-4H3/t14-,15+/m1/s1. The van der Waals surface area contributed by atoms with Gasteiger partial charge in [0, 0.05) is 12.5 Å². The van der Waals surface area contributed by atoms with Crippen LogP contribution in [0.4, 0.5) is 4.79 Å². The number of likely N-dealkylation sites (tertiary alicyclic amines) is 1. The lowest BCUT2D eigenvalue weighted by Crippen LogP contribution is -2.49. The Balaban J connectivity index is 1.93. The number of hydrogen-bond donors (Lipinski definition) is 1. The van der Waals surface area contributed by atoms with Crippen molar-refractivity contribution in [3.8, 4) is 0 Å². The van der Waals surface area contributed by atoms with E-state index in [0.29, 0.717) is 18.5 Å². The second-order valence-corrected chi connectivity index (χ2v) is 9.13. The molecular weight excluding hydrogens is 358 g/mol. The van der Waals surface area contributed by atoms with Crippen molar-refractivity contribution in [2.75, 3.05) is 19.7 Å². The smallest absolute Gasteiger partial charge is 0.410 e. The number of aryl methyl sites for hydroxylation is 1. The molecule has 1 aromatic rings. The Morgan fingerprint density at radius 3 is 2.54 bits per heavy atom. The summed E-state index contributed by atoms with van der Waals surface area (Å²) in [6.07, 6.45) is -0.921. The average Bonchev–Trinajstić information content (AvgIpc) is 2.52. The van der Waals surface area contributed by atoms with E-state index in [1.165, 1.54) is 11.0 Å². The molecule has 1 aliphatic rings. The molecule has 26 heavy (non-hydrogen) atoms. The zero-order valence-electron chi connectivity index (χ0n) is 15.6. The van der Waals surface area contributed by atoms with Crippen LogP contribution in [-0.2, 0) is 19.0 Å². The van der Waals surface area contributed by atoms with Crippen LogP contribution in [0.15, 0.2) is 29.2 Å². The number of rotatable bonds is 4. The van der Waals surface area contributed by atoms with Gasteiger partial charge in [-0.15, -0.1) is 0 Å². The SMILES string of the molecule is Cc1ccccc1S(=O)(=O)OC[C@H]1CCN(C(=O)OC(C)(C)C)C[C@@H]1O. The van der Waals surface area contributed by atoms with Gasteiger partial charge in [0.25, 0.3) is 10.1 Å². The number of carbonyl (C=O) groups excluding carboxylic acids is 1. The minimum absolute atomic E-state index is 0.0906. The second-order valence-electron chi connectivity index (χ2n) is 7.55. The van der Waals surface area contributed by atoms with Crippen molar-refractivity contribution in [3.05, 3.63) is 29.8 Å². The second kappa shape index (κ2) is 7.94. The molecule has 1 aromatic carbocycles. The Bertz CT molecular complexity index is 740. The quantitative estimate of drug-likeness (QED) is 0.800. The maximum Gasteiger partial charge on any atom is 0.410 e. The fourth-order valence-electron chi connectivity index (χ4n) is 2.74. The molecule has 1 N–H and O–H groups in total. The first-order chi connectivity index (χ1) is 12.0. The van der Waals surface area contributed by atoms with Gasteiger partial charge in [-0.25, -0.2) is 4.79 Å². The average molecular weight is 385 g/mol. The maximum atomic E-state index is 12.3. The summed E-state index contributed by atoms with van der Waals surface area (Å²) in [7, 11) is -3.88. The van der Waals surface area contributed by atoms with Gasteiger partial charge < -0.3 is 14.7 Å². The first-order valence-electron chi connectivity index (χ1n) is 8.60. The molecule has 2 atom stereocenters. The third-order valence-electron chi connectivity index (χ3n) is 4.17. The van der Waals surface area contributed by atoms with E-state index in [9.17, 15) is 18.3 Å². The van der Waals surface area contributed by atoms with Crippen LogP contribution in [0.5, 0.6) is 0 Å². The zero-order valence-corrected chi connectivity index (χ0v) is 16.5. The zero-order chi connectivity index (χ0) is 19.5. The molecule has 1 aliphatic heterocycles. The molecule has 0 aromatic heterocycles. The summed E-state index contributed by atoms with van der Waals surface area (Å²) in [6.45, 7) is 7.37. The van der Waals surface area contributed by atoms with Gasteiger partial charge in [-0.2, -0.15) is 8.42 Å². The van der Waals surface area contributed by atoms with E-state index in [2.05, 4.69) is 0 Å². The van der Waals surface area contributed by atoms with Crippen LogP contribution in [0.25, 0.3) is 0 Å². The lowest BCUT2D eigenvalue weighted by Gasteiger charge is -2.36. The highest BCUT2D eigenvalue weighted by atomic mass is 32.2. The van der Waals surface area contributed by atoms with Crippen molar-refractivity contribution in [3.63, 3.8) is 0 Å². The predicted octanol–water partition coefficient (Wildman–Crippen LogP) is 2.32. The topological polar surface area (TPSA) is 93.1 Å². The molecule has 0 saturated carbocycles. The largest absolute Gasteiger partial charge is 0.444 e. The Hall–Kier alpha value is -1.64. The van der Waals surface area contributed by atoms with Crippen LogP contribution >= 0.6 is 0 Å². The molecule has 1 fully saturated rings. The lowest BCUT2D eigenvalue weighted by molar-refractivity contribution is -0.0206. The molecule has 0 unspecified atom stereocenters. The fraction of sp³-hybridized carbons (Fsp3) is 0.611. The number of aliphatic hydroxyl groups is 1. The summed E-state index contributed by atoms with van der Waals surface area (Å²) in [5.41, 5.74) is -0.00308. The lowest BCUT2D eigenvalue weighted by atomic mass is 9.95. The van der Waals surface area contributed by atoms with Crippen LogP contribution < -0.4 is 0 Å². The molecule has 1 heterocycles. The molecule has 8 heteroatoms. The van der Waals surface area contributed by atoms with Gasteiger partial charge in [-0.3, -0.25) is 4.18 Å². The van der Waals surface area contributed by atoms with E-state index in [-0.39, 0.29) is 24.0 Å². The van der Waals surface area contributed by atoms with Crippen molar-refractivity contribution >= 4 is 16.2 Å². The van der Waals surface area contributed by atoms with Crippen LogP contribution in [0.3, 0.4) is 0 Å². The van der Waals surface area contributed by atoms with Gasteiger partial charge in [0.05, 0.1) is 24.2 Å². The van der Waals surface area contributed by atoms with E-state index < -0.39 is 27.9 Å². The minimum Gasteiger partial charge on any atom is -0.444 e. The molecule has 7 nitrogen and oxygen atoms in total. The van der Waals surface area contributed by atoms with Crippen LogP contribution in [0, 0.1) is 12.8 Å². The molecule has 2 rings (SSSR count). The third-order valence-corrected chi connectivity index (χ3v) is 5.62. The first kappa shape index (κ1) is 20.7. The van der Waals surface area contributed by atoms with Crippen LogP contribution in [0.2, 0.25) is 0 Å². The highest BCUT2D eigenvalue weighted by molar-refractivity contribution is 7.86. The van der Waals surface area contributed by atoms with Gasteiger partial charge in [0.1, 0.15) is 5.60 Å². The van der Waals surface area contributed by atoms with E-state index in [1.807, 2.05) is 0 Å². The van der Waals surface area contributed by atoms with Crippen LogP contribution in [-0.4, -0.2) is 55.9 Å². The molecule has 0 radical (unpaired) electrons. The van der Waals surface area contributed by atoms with Gasteiger partial charge in [-0.1, -0.05) is 18.2 Å². The van der Waals surface area contributed by atoms with Crippen molar-refractivity contribution in [1.29, 1.82) is 0 Å². The first-order valence-corrected chi connectivity index (χ1v) is 10.0. The number of amides is 1. The molecule has 1 saturated heterocycles. The van der Waals surface area contributed by atoms with Crippen molar-refractivity contribution in [2.45, 2.75) is 50.7 Å². The number of nitrogens with zero attached hydrogens (tertiary/aromatic N) is 1. The summed E-state index contributed by atoms with van der Waals surface area (Å²) in [4.78, 5) is 13.6. The number of benzene rings is 1. The number of piperidine rings is 1. The summed E-state index contributed by atoms with van der Waals surface area (Å²) in [6, 6.07) is 6.58. The molecule has 0 spiro atoms. The summed E-state index contributed by atoms with van der Waals surface area (Å²) in [5, 5.41) is 10.3. The van der Waals surface area contributed by atoms with E-state index in [1.54, 1.807) is 45.9 Å². The molecule has 146 valence electrons. The number of β-amino-alcohol motifs (C(OH)–C–C–N with tert-alkyl or cyclic N) is 1. The Morgan fingerprint density at radius 2 is 1.96 bits per heavy atom. The molecule has 0 bridgehead atoms.